The van der Waals surface area contributed by atoms with Gasteiger partial charge in [0.25, 0.3) is 11.8 Å². The van der Waals surface area contributed by atoms with Crippen LogP contribution in [0.15, 0.2) is 42.0 Å². The van der Waals surface area contributed by atoms with E-state index in [0.29, 0.717) is 15.6 Å². The molecule has 6 nitrogen and oxygen atoms in total. The number of benzene rings is 2. The Morgan fingerprint density at radius 2 is 1.84 bits per heavy atom. The van der Waals surface area contributed by atoms with E-state index in [0.717, 1.165) is 22.6 Å². The zero-order valence-electron chi connectivity index (χ0n) is 18.2. The fraction of sp³-hybridized carbons (Fsp3) is 0.292. The number of urea groups is 1. The zero-order chi connectivity index (χ0) is 23.4. The lowest BCUT2D eigenvalue weighted by atomic mass is 9.80. The lowest BCUT2D eigenvalue weighted by Crippen LogP contribution is -2.54. The highest BCUT2D eigenvalue weighted by molar-refractivity contribution is 6.40. The summed E-state index contributed by atoms with van der Waals surface area (Å²) in [5.74, 6) is -1.23. The molecule has 8 heteroatoms. The number of rotatable bonds is 2. The van der Waals surface area contributed by atoms with Gasteiger partial charge in [-0.15, -0.1) is 0 Å². The summed E-state index contributed by atoms with van der Waals surface area (Å²) >= 11 is 12.6. The molecule has 0 radical (unpaired) electrons. The van der Waals surface area contributed by atoms with E-state index in [2.05, 4.69) is 31.0 Å². The van der Waals surface area contributed by atoms with E-state index in [1.165, 1.54) is 12.1 Å². The van der Waals surface area contributed by atoms with Crippen LogP contribution in [0.5, 0.6) is 0 Å². The molecule has 2 aromatic carbocycles. The molecule has 0 unspecified atom stereocenters. The Kier molecular flexibility index (Phi) is 5.55. The summed E-state index contributed by atoms with van der Waals surface area (Å²) in [5.41, 5.74) is 2.73. The monoisotopic (exact) mass is 471 g/mol. The molecule has 1 fully saturated rings. The molecule has 32 heavy (non-hydrogen) atoms. The van der Waals surface area contributed by atoms with Crippen LogP contribution in [0.1, 0.15) is 44.2 Å². The van der Waals surface area contributed by atoms with Crippen LogP contribution in [0.2, 0.25) is 10.0 Å². The van der Waals surface area contributed by atoms with Gasteiger partial charge in [-0.2, -0.15) is 0 Å². The zero-order valence-corrected chi connectivity index (χ0v) is 19.7. The maximum Gasteiger partial charge on any atom is 0.335 e. The number of halogens is 2. The van der Waals surface area contributed by atoms with Crippen molar-refractivity contribution in [3.8, 4) is 0 Å². The first-order valence-corrected chi connectivity index (χ1v) is 11.0. The molecular formula is C24H23Cl2N3O3. The van der Waals surface area contributed by atoms with Gasteiger partial charge in [0.1, 0.15) is 5.57 Å². The lowest BCUT2D eigenvalue weighted by molar-refractivity contribution is -0.122. The van der Waals surface area contributed by atoms with Crippen molar-refractivity contribution in [1.29, 1.82) is 0 Å². The summed E-state index contributed by atoms with van der Waals surface area (Å²) in [5, 5.41) is 3.00. The highest BCUT2D eigenvalue weighted by Crippen LogP contribution is 2.44. The van der Waals surface area contributed by atoms with Crippen molar-refractivity contribution in [3.63, 3.8) is 0 Å². The number of imide groups is 2. The summed E-state index contributed by atoms with van der Waals surface area (Å²) in [6, 6.07) is 9.27. The summed E-state index contributed by atoms with van der Waals surface area (Å²) < 4.78 is 0. The topological polar surface area (TPSA) is 69.7 Å². The summed E-state index contributed by atoms with van der Waals surface area (Å²) in [6.07, 6.45) is 2.39. The molecule has 0 aliphatic carbocycles. The third kappa shape index (κ3) is 3.78. The van der Waals surface area contributed by atoms with Crippen molar-refractivity contribution >= 4 is 58.5 Å². The van der Waals surface area contributed by atoms with Gasteiger partial charge in [0.15, 0.2) is 0 Å². The van der Waals surface area contributed by atoms with Gasteiger partial charge in [0, 0.05) is 28.3 Å². The molecule has 2 aliphatic rings. The third-order valence-corrected chi connectivity index (χ3v) is 6.78. The summed E-state index contributed by atoms with van der Waals surface area (Å²) in [4.78, 5) is 41.2. The van der Waals surface area contributed by atoms with Gasteiger partial charge in [0.2, 0.25) is 0 Å². The second-order valence-electron chi connectivity index (χ2n) is 8.85. The number of barbiturate groups is 1. The number of carbonyl (C=O) groups excluding carboxylic acids is 3. The van der Waals surface area contributed by atoms with E-state index < -0.39 is 17.8 Å². The molecule has 1 saturated heterocycles. The molecule has 166 valence electrons. The van der Waals surface area contributed by atoms with E-state index in [9.17, 15) is 14.4 Å². The Hall–Kier alpha value is -2.83. The molecular weight excluding hydrogens is 449 g/mol. The largest absolute Gasteiger partial charge is 0.369 e. The van der Waals surface area contributed by atoms with E-state index in [1.54, 1.807) is 18.2 Å². The molecule has 2 heterocycles. The van der Waals surface area contributed by atoms with Crippen LogP contribution in [0, 0.1) is 0 Å². The average Bonchev–Trinajstić information content (AvgIpc) is 2.69. The standard InChI is InChI=1S/C24H23Cl2N3O3/c1-13-12-24(2,3)28(4)20-11-19(26)14(8-17(13)20)9-18-21(30)27-23(32)29(22(18)31)16-7-5-6-15(25)10-16/h5-11,13H,12H2,1-4H3,(H,27,30,32)/b18-9+/t13-/m1/s1. The van der Waals surface area contributed by atoms with Gasteiger partial charge in [-0.25, -0.2) is 9.69 Å². The minimum atomic E-state index is -0.826. The van der Waals surface area contributed by atoms with Crippen LogP contribution in [0.4, 0.5) is 16.2 Å². The first-order valence-electron chi connectivity index (χ1n) is 10.2. The first-order chi connectivity index (χ1) is 15.0. The number of hydrogen-bond acceptors (Lipinski definition) is 4. The molecule has 0 bridgehead atoms. The summed E-state index contributed by atoms with van der Waals surface area (Å²) in [7, 11) is 2.03. The number of fused-ring (bicyclic) bond motifs is 1. The number of amides is 4. The Balaban J connectivity index is 1.78. The van der Waals surface area contributed by atoms with E-state index in [-0.39, 0.29) is 22.7 Å². The Morgan fingerprint density at radius 1 is 1.12 bits per heavy atom. The second kappa shape index (κ2) is 7.94. The van der Waals surface area contributed by atoms with Crippen molar-refractivity contribution in [2.45, 2.75) is 38.6 Å². The lowest BCUT2D eigenvalue weighted by Gasteiger charge is -2.45. The molecule has 2 aromatic rings. The maximum atomic E-state index is 13.1. The van der Waals surface area contributed by atoms with Crippen LogP contribution in [-0.4, -0.2) is 30.4 Å². The molecule has 0 saturated carbocycles. The predicted molar refractivity (Wildman–Crippen MR) is 127 cm³/mol. The Labute approximate surface area is 196 Å². The fourth-order valence-corrected chi connectivity index (χ4v) is 4.77. The van der Waals surface area contributed by atoms with Crippen LogP contribution >= 0.6 is 23.2 Å². The Morgan fingerprint density at radius 3 is 2.53 bits per heavy atom. The number of nitrogens with zero attached hydrogens (tertiary/aromatic N) is 2. The fourth-order valence-electron chi connectivity index (χ4n) is 4.38. The van der Waals surface area contributed by atoms with Gasteiger partial charge in [0.05, 0.1) is 5.69 Å². The minimum absolute atomic E-state index is 0.0211. The van der Waals surface area contributed by atoms with Crippen LogP contribution in [-0.2, 0) is 9.59 Å². The van der Waals surface area contributed by atoms with Crippen molar-refractivity contribution in [2.24, 2.45) is 0 Å². The van der Waals surface area contributed by atoms with Crippen molar-refractivity contribution in [3.05, 3.63) is 63.1 Å². The quantitative estimate of drug-likeness (QED) is 0.471. The predicted octanol–water partition coefficient (Wildman–Crippen LogP) is 5.38. The van der Waals surface area contributed by atoms with E-state index in [4.69, 9.17) is 23.2 Å². The molecule has 4 amide bonds. The highest BCUT2D eigenvalue weighted by Gasteiger charge is 2.38. The van der Waals surface area contributed by atoms with Crippen molar-refractivity contribution in [1.82, 2.24) is 5.32 Å². The minimum Gasteiger partial charge on any atom is -0.369 e. The van der Waals surface area contributed by atoms with Crippen LogP contribution < -0.4 is 15.1 Å². The van der Waals surface area contributed by atoms with Gasteiger partial charge >= 0.3 is 6.03 Å². The average molecular weight is 472 g/mol. The van der Waals surface area contributed by atoms with Gasteiger partial charge < -0.3 is 4.90 Å². The van der Waals surface area contributed by atoms with E-state index in [1.807, 2.05) is 19.2 Å². The Bertz CT molecular complexity index is 1190. The smallest absolute Gasteiger partial charge is 0.335 e. The maximum absolute atomic E-state index is 13.1. The number of carbonyl (C=O) groups is 3. The molecule has 1 atom stereocenters. The van der Waals surface area contributed by atoms with Crippen molar-refractivity contribution < 1.29 is 14.4 Å². The first kappa shape index (κ1) is 22.4. The SMILES string of the molecule is C[C@@H]1CC(C)(C)N(C)c2cc(Cl)c(/C=C3\C(=O)NC(=O)N(c4cccc(Cl)c4)C3=O)cc21. The molecule has 0 aromatic heterocycles. The second-order valence-corrected chi connectivity index (χ2v) is 9.69. The number of anilines is 2. The van der Waals surface area contributed by atoms with Gasteiger partial charge in [-0.05, 0) is 73.7 Å². The van der Waals surface area contributed by atoms with Gasteiger partial charge in [-0.3, -0.25) is 14.9 Å². The van der Waals surface area contributed by atoms with E-state index >= 15 is 0 Å². The van der Waals surface area contributed by atoms with Crippen molar-refractivity contribution in [2.75, 3.05) is 16.8 Å². The normalized spacial score (nSPS) is 21.6. The van der Waals surface area contributed by atoms with Crippen LogP contribution in [0.25, 0.3) is 6.08 Å². The molecule has 1 N–H and O–H groups in total. The molecule has 4 rings (SSSR count). The number of nitrogens with one attached hydrogen (secondary N) is 1. The van der Waals surface area contributed by atoms with Gasteiger partial charge in [-0.1, -0.05) is 36.2 Å². The van der Waals surface area contributed by atoms with Crippen LogP contribution in [0.3, 0.4) is 0 Å². The summed E-state index contributed by atoms with van der Waals surface area (Å²) in [6.45, 7) is 6.52. The molecule has 0 spiro atoms. The highest BCUT2D eigenvalue weighted by atomic mass is 35.5. The molecule has 2 aliphatic heterocycles. The number of hydrogen-bond donors (Lipinski definition) is 1. The third-order valence-electron chi connectivity index (χ3n) is 6.22.